The van der Waals surface area contributed by atoms with E-state index in [1.807, 2.05) is 30.3 Å². The number of benzene rings is 2. The number of rotatable bonds is 6. The first-order valence-electron chi connectivity index (χ1n) is 7.86. The number of nitrogens with two attached hydrogens (primary N) is 1. The summed E-state index contributed by atoms with van der Waals surface area (Å²) in [6.45, 7) is 0.390. The van der Waals surface area contributed by atoms with E-state index >= 15 is 0 Å². The SMILES string of the molecule is COc1ccc(-n2cnc(N(N)Cc3ccccc3)nc2=O)cc1OC. The Kier molecular flexibility index (Phi) is 5.14. The van der Waals surface area contributed by atoms with Crippen LogP contribution in [0.5, 0.6) is 11.5 Å². The summed E-state index contributed by atoms with van der Waals surface area (Å²) >= 11 is 0. The molecule has 134 valence electrons. The summed E-state index contributed by atoms with van der Waals surface area (Å²) in [6.07, 6.45) is 1.39. The van der Waals surface area contributed by atoms with Gasteiger partial charge >= 0.3 is 5.69 Å². The van der Waals surface area contributed by atoms with Crippen LogP contribution < -0.4 is 26.0 Å². The van der Waals surface area contributed by atoms with Crippen molar-refractivity contribution in [2.75, 3.05) is 19.2 Å². The van der Waals surface area contributed by atoms with Crippen molar-refractivity contribution in [1.29, 1.82) is 0 Å². The molecule has 0 spiro atoms. The Morgan fingerprint density at radius 2 is 1.81 bits per heavy atom. The first-order valence-corrected chi connectivity index (χ1v) is 7.86. The van der Waals surface area contributed by atoms with E-state index in [4.69, 9.17) is 15.3 Å². The molecule has 0 bridgehead atoms. The molecule has 1 heterocycles. The standard InChI is InChI=1S/C18H19N5O3/c1-25-15-9-8-14(10-16(15)26-2)22-12-20-17(21-18(22)24)23(19)11-13-6-4-3-5-7-13/h3-10,12H,11,19H2,1-2H3. The van der Waals surface area contributed by atoms with Gasteiger partial charge in [-0.1, -0.05) is 30.3 Å². The number of ether oxygens (including phenoxy) is 2. The summed E-state index contributed by atoms with van der Waals surface area (Å²) in [4.78, 5) is 20.6. The summed E-state index contributed by atoms with van der Waals surface area (Å²) in [7, 11) is 3.07. The molecule has 3 rings (SSSR count). The van der Waals surface area contributed by atoms with Gasteiger partial charge in [-0.25, -0.2) is 15.6 Å². The van der Waals surface area contributed by atoms with E-state index in [-0.39, 0.29) is 5.95 Å². The molecular weight excluding hydrogens is 334 g/mol. The molecule has 8 nitrogen and oxygen atoms in total. The maximum Gasteiger partial charge on any atom is 0.356 e. The Balaban J connectivity index is 1.87. The molecule has 0 radical (unpaired) electrons. The zero-order chi connectivity index (χ0) is 18.5. The zero-order valence-corrected chi connectivity index (χ0v) is 14.5. The van der Waals surface area contributed by atoms with Crippen LogP contribution in [0.4, 0.5) is 5.95 Å². The van der Waals surface area contributed by atoms with Crippen molar-refractivity contribution in [1.82, 2.24) is 14.5 Å². The van der Waals surface area contributed by atoms with Gasteiger partial charge < -0.3 is 9.47 Å². The van der Waals surface area contributed by atoms with Gasteiger partial charge in [0, 0.05) is 6.07 Å². The van der Waals surface area contributed by atoms with Crippen molar-refractivity contribution < 1.29 is 9.47 Å². The van der Waals surface area contributed by atoms with E-state index in [0.717, 1.165) is 5.56 Å². The van der Waals surface area contributed by atoms with Crippen molar-refractivity contribution in [3.63, 3.8) is 0 Å². The van der Waals surface area contributed by atoms with E-state index in [0.29, 0.717) is 23.7 Å². The minimum absolute atomic E-state index is 0.149. The Morgan fingerprint density at radius 3 is 2.46 bits per heavy atom. The van der Waals surface area contributed by atoms with Gasteiger partial charge in [-0.2, -0.15) is 4.98 Å². The molecule has 0 aliphatic carbocycles. The van der Waals surface area contributed by atoms with Crippen molar-refractivity contribution in [3.05, 3.63) is 70.9 Å². The van der Waals surface area contributed by atoms with E-state index in [1.54, 1.807) is 25.3 Å². The Labute approximate surface area is 150 Å². The van der Waals surface area contributed by atoms with E-state index < -0.39 is 5.69 Å². The van der Waals surface area contributed by atoms with Crippen LogP contribution in [0.15, 0.2) is 59.7 Å². The summed E-state index contributed by atoms with van der Waals surface area (Å²) in [5, 5.41) is 1.33. The van der Waals surface area contributed by atoms with Gasteiger partial charge in [0.15, 0.2) is 11.5 Å². The smallest absolute Gasteiger partial charge is 0.356 e. The molecule has 2 N–H and O–H groups in total. The molecule has 0 amide bonds. The monoisotopic (exact) mass is 353 g/mol. The molecule has 0 aliphatic rings. The quantitative estimate of drug-likeness (QED) is 0.530. The molecular formula is C18H19N5O3. The normalized spacial score (nSPS) is 10.4. The highest BCUT2D eigenvalue weighted by Gasteiger charge is 2.11. The number of aromatic nitrogens is 3. The number of anilines is 1. The lowest BCUT2D eigenvalue weighted by Crippen LogP contribution is -2.35. The highest BCUT2D eigenvalue weighted by atomic mass is 16.5. The van der Waals surface area contributed by atoms with Gasteiger partial charge in [0.25, 0.3) is 0 Å². The molecule has 3 aromatic rings. The van der Waals surface area contributed by atoms with Crippen LogP contribution in [0.25, 0.3) is 5.69 Å². The van der Waals surface area contributed by atoms with Crippen molar-refractivity contribution in [3.8, 4) is 17.2 Å². The van der Waals surface area contributed by atoms with Crippen LogP contribution in [0.1, 0.15) is 5.56 Å². The summed E-state index contributed by atoms with van der Waals surface area (Å²) < 4.78 is 11.8. The average molecular weight is 353 g/mol. The van der Waals surface area contributed by atoms with Gasteiger partial charge in [-0.3, -0.25) is 9.58 Å². The fourth-order valence-electron chi connectivity index (χ4n) is 2.47. The van der Waals surface area contributed by atoms with Crippen LogP contribution in [-0.4, -0.2) is 28.8 Å². The van der Waals surface area contributed by atoms with Crippen molar-refractivity contribution in [2.24, 2.45) is 5.84 Å². The van der Waals surface area contributed by atoms with Gasteiger partial charge in [-0.15, -0.1) is 0 Å². The maximum atomic E-state index is 12.4. The fourth-order valence-corrected chi connectivity index (χ4v) is 2.47. The third-order valence-corrected chi connectivity index (χ3v) is 3.79. The third kappa shape index (κ3) is 3.65. The maximum absolute atomic E-state index is 12.4. The zero-order valence-electron chi connectivity index (χ0n) is 14.5. The Morgan fingerprint density at radius 1 is 1.08 bits per heavy atom. The van der Waals surface area contributed by atoms with E-state index in [2.05, 4.69) is 9.97 Å². The van der Waals surface area contributed by atoms with E-state index in [9.17, 15) is 4.79 Å². The Hall–Kier alpha value is -3.39. The molecule has 0 unspecified atom stereocenters. The van der Waals surface area contributed by atoms with Crippen molar-refractivity contribution in [2.45, 2.75) is 6.54 Å². The minimum atomic E-state index is -0.495. The molecule has 0 atom stereocenters. The van der Waals surface area contributed by atoms with Gasteiger partial charge in [0.2, 0.25) is 5.95 Å². The summed E-state index contributed by atoms with van der Waals surface area (Å²) in [5.74, 6) is 7.21. The predicted molar refractivity (Wildman–Crippen MR) is 97.5 cm³/mol. The molecule has 0 saturated heterocycles. The minimum Gasteiger partial charge on any atom is -0.493 e. The lowest BCUT2D eigenvalue weighted by atomic mass is 10.2. The topological polar surface area (TPSA) is 95.5 Å². The molecule has 0 saturated carbocycles. The predicted octanol–water partition coefficient (Wildman–Crippen LogP) is 1.52. The first kappa shape index (κ1) is 17.4. The highest BCUT2D eigenvalue weighted by Crippen LogP contribution is 2.28. The van der Waals surface area contributed by atoms with Crippen LogP contribution in [-0.2, 0) is 6.54 Å². The lowest BCUT2D eigenvalue weighted by Gasteiger charge is -2.16. The number of methoxy groups -OCH3 is 2. The number of hydrogen-bond donors (Lipinski definition) is 1. The number of hydrazine groups is 1. The molecule has 1 aromatic heterocycles. The number of hydrogen-bond acceptors (Lipinski definition) is 7. The highest BCUT2D eigenvalue weighted by molar-refractivity contribution is 5.48. The molecule has 0 fully saturated rings. The average Bonchev–Trinajstić information content (AvgIpc) is 2.68. The largest absolute Gasteiger partial charge is 0.493 e. The lowest BCUT2D eigenvalue weighted by molar-refractivity contribution is 0.355. The van der Waals surface area contributed by atoms with Gasteiger partial charge in [-0.05, 0) is 17.7 Å². The second-order valence-corrected chi connectivity index (χ2v) is 5.46. The molecule has 8 heteroatoms. The summed E-state index contributed by atoms with van der Waals surface area (Å²) in [5.41, 5.74) is 1.05. The summed E-state index contributed by atoms with van der Waals surface area (Å²) in [6, 6.07) is 14.7. The number of nitrogens with zero attached hydrogens (tertiary/aromatic N) is 4. The van der Waals surface area contributed by atoms with Crippen LogP contribution in [0.2, 0.25) is 0 Å². The fraction of sp³-hybridized carbons (Fsp3) is 0.167. The van der Waals surface area contributed by atoms with Gasteiger partial charge in [0.05, 0.1) is 26.5 Å². The van der Waals surface area contributed by atoms with Crippen LogP contribution in [0, 0.1) is 0 Å². The van der Waals surface area contributed by atoms with Gasteiger partial charge in [0.1, 0.15) is 6.33 Å². The second-order valence-electron chi connectivity index (χ2n) is 5.46. The van der Waals surface area contributed by atoms with Crippen LogP contribution in [0.3, 0.4) is 0 Å². The third-order valence-electron chi connectivity index (χ3n) is 3.79. The van der Waals surface area contributed by atoms with Crippen molar-refractivity contribution >= 4 is 5.95 Å². The van der Waals surface area contributed by atoms with E-state index in [1.165, 1.54) is 23.0 Å². The second kappa shape index (κ2) is 7.66. The molecule has 0 aliphatic heterocycles. The first-order chi connectivity index (χ1) is 12.6. The molecule has 2 aromatic carbocycles. The van der Waals surface area contributed by atoms with Crippen LogP contribution >= 0.6 is 0 Å². The molecule has 26 heavy (non-hydrogen) atoms. The Bertz CT molecular complexity index is 943.